The van der Waals surface area contributed by atoms with Crippen LogP contribution < -0.4 is 15.0 Å². The molecule has 0 spiro atoms. The molecule has 0 saturated carbocycles. The molecule has 5 rings (SSSR count). The van der Waals surface area contributed by atoms with Crippen LogP contribution in [0.25, 0.3) is 10.9 Å². The van der Waals surface area contributed by atoms with Gasteiger partial charge >= 0.3 is 0 Å². The van der Waals surface area contributed by atoms with Gasteiger partial charge in [-0.2, -0.15) is 0 Å². The van der Waals surface area contributed by atoms with Crippen molar-refractivity contribution in [3.8, 4) is 11.5 Å². The van der Waals surface area contributed by atoms with E-state index in [0.717, 1.165) is 36.8 Å². The van der Waals surface area contributed by atoms with Crippen LogP contribution in [0.1, 0.15) is 64.4 Å². The predicted molar refractivity (Wildman–Crippen MR) is 120 cm³/mol. The number of aromatic amines is 1. The number of nitrogens with zero attached hydrogens (tertiary/aromatic N) is 5. The second-order valence-corrected chi connectivity index (χ2v) is 9.61. The number of H-pyrrole nitrogens is 1. The molecule has 0 unspecified atom stereocenters. The summed E-state index contributed by atoms with van der Waals surface area (Å²) in [6.45, 7) is 10.6. The van der Waals surface area contributed by atoms with Gasteiger partial charge < -0.3 is 14.5 Å². The van der Waals surface area contributed by atoms with Crippen LogP contribution in [0.5, 0.6) is 11.5 Å². The van der Waals surface area contributed by atoms with E-state index >= 15 is 0 Å². The lowest BCUT2D eigenvalue weighted by molar-refractivity contribution is 0.135. The summed E-state index contributed by atoms with van der Waals surface area (Å²) in [5, 5.41) is 13.7. The maximum atomic E-state index is 13.4. The summed E-state index contributed by atoms with van der Waals surface area (Å²) in [7, 11) is 0. The molecule has 170 valence electrons. The Kier molecular flexibility index (Phi) is 5.16. The predicted octanol–water partition coefficient (Wildman–Crippen LogP) is 3.21. The highest BCUT2D eigenvalue weighted by Gasteiger charge is 2.35. The maximum Gasteiger partial charge on any atom is 0.253 e. The Morgan fingerprint density at radius 3 is 2.78 bits per heavy atom. The van der Waals surface area contributed by atoms with Crippen molar-refractivity contribution in [1.82, 2.24) is 30.1 Å². The average molecular weight is 439 g/mol. The number of nitrogens with one attached hydrogen (secondary N) is 1. The number of piperidine rings is 1. The molecule has 9 heteroatoms. The first-order valence-electron chi connectivity index (χ1n) is 11.4. The minimum absolute atomic E-state index is 0.136. The lowest BCUT2D eigenvalue weighted by atomic mass is 9.94. The zero-order valence-corrected chi connectivity index (χ0v) is 19.1. The molecule has 9 nitrogen and oxygen atoms in total. The molecule has 0 bridgehead atoms. The maximum absolute atomic E-state index is 13.4. The Hall–Kier alpha value is -2.94. The smallest absolute Gasteiger partial charge is 0.253 e. The zero-order chi connectivity index (χ0) is 22.5. The van der Waals surface area contributed by atoms with Crippen LogP contribution in [0.4, 0.5) is 0 Å². The topological polar surface area (TPSA) is 98.2 Å². The van der Waals surface area contributed by atoms with Crippen molar-refractivity contribution in [2.45, 2.75) is 58.5 Å². The SMILES string of the molecule is CCC(C)(C)n1nnnc1[C@H](c1cc2cc3c(cc2[nH]c1=O)OCO3)N1CCC[C@@H](C)C1. The van der Waals surface area contributed by atoms with E-state index in [4.69, 9.17) is 9.47 Å². The quantitative estimate of drug-likeness (QED) is 0.653. The van der Waals surface area contributed by atoms with Crippen LogP contribution in [-0.4, -0.2) is 50.0 Å². The van der Waals surface area contributed by atoms with Crippen molar-refractivity contribution in [3.63, 3.8) is 0 Å². The molecule has 2 aliphatic heterocycles. The number of aromatic nitrogens is 5. The largest absolute Gasteiger partial charge is 0.454 e. The standard InChI is InChI=1S/C23H30N6O3/c1-5-23(3,4)29-21(25-26-27-29)20(28-8-6-7-14(2)12-28)16-9-15-10-18-19(32-13-31-18)11-17(15)24-22(16)30/h9-11,14,20H,5-8,12-13H2,1-4H3,(H,24,30)/t14-,20+/m1/s1. The third-order valence-corrected chi connectivity index (χ3v) is 6.89. The fourth-order valence-electron chi connectivity index (χ4n) is 4.72. The molecule has 0 aliphatic carbocycles. The summed E-state index contributed by atoms with van der Waals surface area (Å²) in [6, 6.07) is 5.37. The molecule has 0 radical (unpaired) electrons. The van der Waals surface area contributed by atoms with Gasteiger partial charge in [-0.1, -0.05) is 13.8 Å². The summed E-state index contributed by atoms with van der Waals surface area (Å²) < 4.78 is 12.9. The Morgan fingerprint density at radius 1 is 1.25 bits per heavy atom. The van der Waals surface area contributed by atoms with Gasteiger partial charge in [-0.15, -0.1) is 5.10 Å². The van der Waals surface area contributed by atoms with Gasteiger partial charge in [0.15, 0.2) is 17.3 Å². The van der Waals surface area contributed by atoms with Crippen molar-refractivity contribution < 1.29 is 9.47 Å². The molecule has 0 amide bonds. The highest BCUT2D eigenvalue weighted by molar-refractivity contribution is 5.83. The van der Waals surface area contributed by atoms with Gasteiger partial charge in [-0.25, -0.2) is 4.68 Å². The second kappa shape index (κ2) is 7.88. The van der Waals surface area contributed by atoms with Crippen molar-refractivity contribution in [1.29, 1.82) is 0 Å². The molecule has 32 heavy (non-hydrogen) atoms. The normalized spacial score (nSPS) is 20.1. The summed E-state index contributed by atoms with van der Waals surface area (Å²) in [6.07, 6.45) is 3.14. The Morgan fingerprint density at radius 2 is 2.03 bits per heavy atom. The van der Waals surface area contributed by atoms with Crippen LogP contribution >= 0.6 is 0 Å². The van der Waals surface area contributed by atoms with Crippen molar-refractivity contribution >= 4 is 10.9 Å². The summed E-state index contributed by atoms with van der Waals surface area (Å²) >= 11 is 0. The third kappa shape index (κ3) is 3.54. The van der Waals surface area contributed by atoms with E-state index in [-0.39, 0.29) is 23.9 Å². The minimum Gasteiger partial charge on any atom is -0.454 e. The van der Waals surface area contributed by atoms with Gasteiger partial charge in [0.1, 0.15) is 6.04 Å². The van der Waals surface area contributed by atoms with E-state index in [9.17, 15) is 4.79 Å². The van der Waals surface area contributed by atoms with Crippen LogP contribution in [0, 0.1) is 5.92 Å². The number of hydrogen-bond donors (Lipinski definition) is 1. The van der Waals surface area contributed by atoms with E-state index in [2.05, 4.69) is 53.1 Å². The van der Waals surface area contributed by atoms with Crippen LogP contribution in [0.15, 0.2) is 23.0 Å². The van der Waals surface area contributed by atoms with Gasteiger partial charge in [-0.3, -0.25) is 9.69 Å². The first-order valence-corrected chi connectivity index (χ1v) is 11.4. The number of benzene rings is 1. The number of fused-ring (bicyclic) bond motifs is 2. The van der Waals surface area contributed by atoms with E-state index < -0.39 is 0 Å². The Bertz CT molecular complexity index is 1200. The third-order valence-electron chi connectivity index (χ3n) is 6.89. The average Bonchev–Trinajstić information content (AvgIpc) is 3.43. The number of ether oxygens (including phenoxy) is 2. The fraction of sp³-hybridized carbons (Fsp3) is 0.565. The second-order valence-electron chi connectivity index (χ2n) is 9.61. The zero-order valence-electron chi connectivity index (χ0n) is 19.1. The molecule has 1 saturated heterocycles. The molecular formula is C23H30N6O3. The van der Waals surface area contributed by atoms with Crippen molar-refractivity contribution in [2.75, 3.05) is 19.9 Å². The number of pyridine rings is 1. The summed E-state index contributed by atoms with van der Waals surface area (Å²) in [4.78, 5) is 18.8. The molecule has 4 heterocycles. The molecule has 3 aromatic rings. The van der Waals surface area contributed by atoms with Gasteiger partial charge in [0.05, 0.1) is 11.1 Å². The minimum atomic E-state index is -0.336. The van der Waals surface area contributed by atoms with Crippen molar-refractivity contribution in [2.24, 2.45) is 5.92 Å². The van der Waals surface area contributed by atoms with E-state index in [1.807, 2.05) is 22.9 Å². The summed E-state index contributed by atoms with van der Waals surface area (Å²) in [5.74, 6) is 2.59. The van der Waals surface area contributed by atoms with Crippen molar-refractivity contribution in [3.05, 3.63) is 39.9 Å². The lowest BCUT2D eigenvalue weighted by Gasteiger charge is -2.37. The number of tetrazole rings is 1. The molecule has 1 aromatic carbocycles. The fourth-order valence-corrected chi connectivity index (χ4v) is 4.72. The van der Waals surface area contributed by atoms with Gasteiger partial charge in [-0.05, 0) is 68.1 Å². The molecule has 2 aromatic heterocycles. The Labute approximate surface area is 186 Å². The van der Waals surface area contributed by atoms with Gasteiger partial charge in [0, 0.05) is 23.6 Å². The van der Waals surface area contributed by atoms with Gasteiger partial charge in [0.2, 0.25) is 6.79 Å². The first kappa shape index (κ1) is 20.9. The van der Waals surface area contributed by atoms with Gasteiger partial charge in [0.25, 0.3) is 5.56 Å². The monoisotopic (exact) mass is 438 g/mol. The molecule has 2 aliphatic rings. The molecule has 1 fully saturated rings. The summed E-state index contributed by atoms with van der Waals surface area (Å²) in [5.41, 5.74) is 0.966. The van der Waals surface area contributed by atoms with Crippen LogP contribution in [0.3, 0.4) is 0 Å². The highest BCUT2D eigenvalue weighted by atomic mass is 16.7. The highest BCUT2D eigenvalue weighted by Crippen LogP contribution is 2.37. The van der Waals surface area contributed by atoms with Crippen LogP contribution in [-0.2, 0) is 5.54 Å². The van der Waals surface area contributed by atoms with E-state index in [0.29, 0.717) is 28.8 Å². The van der Waals surface area contributed by atoms with E-state index in [1.165, 1.54) is 6.42 Å². The molecule has 2 atom stereocenters. The first-order chi connectivity index (χ1) is 15.4. The molecular weight excluding hydrogens is 408 g/mol. The molecule has 1 N–H and O–H groups in total. The number of likely N-dealkylation sites (tertiary alicyclic amines) is 1. The number of hydrogen-bond acceptors (Lipinski definition) is 7. The Balaban J connectivity index is 1.68. The lowest BCUT2D eigenvalue weighted by Crippen LogP contribution is -2.42. The number of rotatable bonds is 5. The van der Waals surface area contributed by atoms with E-state index in [1.54, 1.807) is 0 Å². The van der Waals surface area contributed by atoms with Crippen LogP contribution in [0.2, 0.25) is 0 Å².